The zero-order chi connectivity index (χ0) is 20.6. The highest BCUT2D eigenvalue weighted by atomic mass is 19.3. The average molecular weight is 415 g/mol. The molecule has 0 heterocycles. The minimum absolute atomic E-state index is 0. The van der Waals surface area contributed by atoms with Crippen molar-refractivity contribution < 1.29 is 22.7 Å². The third kappa shape index (κ3) is 4.22. The molecule has 30 heavy (non-hydrogen) atoms. The van der Waals surface area contributed by atoms with Crippen molar-refractivity contribution in [2.24, 2.45) is 0 Å². The van der Waals surface area contributed by atoms with Gasteiger partial charge in [0.25, 0.3) is 11.8 Å². The minimum atomic E-state index is -2.96. The first-order valence-corrected chi connectivity index (χ1v) is 9.53. The van der Waals surface area contributed by atoms with Gasteiger partial charge in [0, 0.05) is 18.2 Å². The molecule has 156 valence electrons. The van der Waals surface area contributed by atoms with Crippen LogP contribution >= 0.6 is 0 Å². The fourth-order valence-corrected chi connectivity index (χ4v) is 3.78. The molecular formula is C24H21F4NO. The summed E-state index contributed by atoms with van der Waals surface area (Å²) in [4.78, 5) is 12.9. The van der Waals surface area contributed by atoms with Crippen LogP contribution < -0.4 is 5.32 Å². The van der Waals surface area contributed by atoms with Crippen molar-refractivity contribution in [3.63, 3.8) is 0 Å². The second-order valence-corrected chi connectivity index (χ2v) is 7.42. The van der Waals surface area contributed by atoms with E-state index in [1.807, 2.05) is 18.2 Å². The standard InChI is InChI=1S/C24H20F3NO.FH/c1-24(26,27)18-11-8-16(9-12-18)20-6-3-7-21(25)22(20)23(29)28-19-13-10-15-4-2-5-17(15)14-19;/h3,6-14H,2,4-5H2,1H3,(H,28,29);1H. The number of carbonyl (C=O) groups is 1. The molecule has 0 unspecified atom stereocenters. The number of hydrogen-bond acceptors (Lipinski definition) is 1. The Hall–Kier alpha value is -3.15. The lowest BCUT2D eigenvalue weighted by Gasteiger charge is -2.14. The molecule has 6 heteroatoms. The molecule has 1 aliphatic carbocycles. The van der Waals surface area contributed by atoms with Gasteiger partial charge in [-0.05, 0) is 59.7 Å². The van der Waals surface area contributed by atoms with Crippen molar-refractivity contribution in [3.8, 4) is 11.1 Å². The summed E-state index contributed by atoms with van der Waals surface area (Å²) in [5, 5.41) is 2.78. The van der Waals surface area contributed by atoms with Gasteiger partial charge in [-0.3, -0.25) is 9.50 Å². The summed E-state index contributed by atoms with van der Waals surface area (Å²) >= 11 is 0. The van der Waals surface area contributed by atoms with Crippen LogP contribution in [0.15, 0.2) is 60.7 Å². The zero-order valence-corrected chi connectivity index (χ0v) is 16.3. The van der Waals surface area contributed by atoms with Gasteiger partial charge in [0.05, 0.1) is 5.56 Å². The fourth-order valence-electron chi connectivity index (χ4n) is 3.78. The molecule has 0 aliphatic heterocycles. The molecule has 2 nitrogen and oxygen atoms in total. The SMILES string of the molecule is CC(F)(F)c1ccc(-c2cccc(F)c2C(=O)Nc2ccc3c(c2)CCC3)cc1.F. The highest BCUT2D eigenvalue weighted by molar-refractivity contribution is 6.09. The van der Waals surface area contributed by atoms with Crippen molar-refractivity contribution in [2.45, 2.75) is 32.1 Å². The molecule has 1 amide bonds. The zero-order valence-electron chi connectivity index (χ0n) is 16.3. The summed E-state index contributed by atoms with van der Waals surface area (Å²) < 4.78 is 41.5. The third-order valence-corrected chi connectivity index (χ3v) is 5.30. The second kappa shape index (κ2) is 8.30. The Morgan fingerprint density at radius 3 is 2.37 bits per heavy atom. The summed E-state index contributed by atoms with van der Waals surface area (Å²) in [6.45, 7) is 0.819. The Balaban J connectivity index is 0.00000256. The lowest BCUT2D eigenvalue weighted by Crippen LogP contribution is -2.15. The molecule has 0 spiro atoms. The van der Waals surface area contributed by atoms with Crippen LogP contribution in [-0.2, 0) is 18.8 Å². The molecule has 0 saturated carbocycles. The lowest BCUT2D eigenvalue weighted by atomic mass is 9.96. The lowest BCUT2D eigenvalue weighted by molar-refractivity contribution is 0.0175. The third-order valence-electron chi connectivity index (χ3n) is 5.30. The number of fused-ring (bicyclic) bond motifs is 1. The maximum atomic E-state index is 14.6. The topological polar surface area (TPSA) is 29.1 Å². The fraction of sp³-hybridized carbons (Fsp3) is 0.208. The monoisotopic (exact) mass is 415 g/mol. The van der Waals surface area contributed by atoms with Crippen molar-refractivity contribution >= 4 is 11.6 Å². The van der Waals surface area contributed by atoms with Crippen LogP contribution in [0.4, 0.5) is 23.6 Å². The summed E-state index contributed by atoms with van der Waals surface area (Å²) in [6.07, 6.45) is 3.10. The van der Waals surface area contributed by atoms with Crippen LogP contribution in [0.3, 0.4) is 0 Å². The molecule has 3 aromatic carbocycles. The van der Waals surface area contributed by atoms with Gasteiger partial charge in [-0.25, -0.2) is 13.2 Å². The number of halogens is 4. The number of hydrogen-bond donors (Lipinski definition) is 1. The van der Waals surface area contributed by atoms with Crippen LogP contribution in [0, 0.1) is 5.82 Å². The van der Waals surface area contributed by atoms with Crippen LogP contribution in [0.25, 0.3) is 11.1 Å². The predicted octanol–water partition coefficient (Wildman–Crippen LogP) is 6.50. The Morgan fingerprint density at radius 2 is 1.67 bits per heavy atom. The van der Waals surface area contributed by atoms with E-state index in [0.29, 0.717) is 16.8 Å². The van der Waals surface area contributed by atoms with Crippen LogP contribution in [0.2, 0.25) is 0 Å². The molecule has 0 aromatic heterocycles. The van der Waals surface area contributed by atoms with Gasteiger partial charge in [-0.1, -0.05) is 42.5 Å². The molecule has 4 rings (SSSR count). The van der Waals surface area contributed by atoms with Gasteiger partial charge in [-0.2, -0.15) is 0 Å². The second-order valence-electron chi connectivity index (χ2n) is 7.42. The number of amides is 1. The van der Waals surface area contributed by atoms with Crippen molar-refractivity contribution in [2.75, 3.05) is 5.32 Å². The average Bonchev–Trinajstić information content (AvgIpc) is 3.15. The van der Waals surface area contributed by atoms with E-state index >= 15 is 0 Å². The van der Waals surface area contributed by atoms with Gasteiger partial charge >= 0.3 is 0 Å². The predicted molar refractivity (Wildman–Crippen MR) is 110 cm³/mol. The molecule has 1 N–H and O–H groups in total. The molecular weight excluding hydrogens is 394 g/mol. The van der Waals surface area contributed by atoms with Crippen molar-refractivity contribution in [3.05, 3.63) is 88.7 Å². The van der Waals surface area contributed by atoms with Gasteiger partial charge in [-0.15, -0.1) is 0 Å². The molecule has 0 atom stereocenters. The smallest absolute Gasteiger partial charge is 0.270 e. The van der Waals surface area contributed by atoms with Crippen LogP contribution in [-0.4, -0.2) is 5.91 Å². The van der Waals surface area contributed by atoms with Gasteiger partial charge in [0.15, 0.2) is 0 Å². The maximum absolute atomic E-state index is 14.6. The van der Waals surface area contributed by atoms with Crippen LogP contribution in [0.5, 0.6) is 0 Å². The van der Waals surface area contributed by atoms with Crippen molar-refractivity contribution in [1.82, 2.24) is 0 Å². The first-order valence-electron chi connectivity index (χ1n) is 9.53. The van der Waals surface area contributed by atoms with Crippen molar-refractivity contribution in [1.29, 1.82) is 0 Å². The molecule has 3 aromatic rings. The summed E-state index contributed by atoms with van der Waals surface area (Å²) in [6, 6.07) is 15.6. The summed E-state index contributed by atoms with van der Waals surface area (Å²) in [5.74, 6) is -4.19. The van der Waals surface area contributed by atoms with E-state index in [2.05, 4.69) is 5.32 Å². The van der Waals surface area contributed by atoms with E-state index < -0.39 is 17.6 Å². The Kier molecular flexibility index (Phi) is 5.97. The first kappa shape index (κ1) is 21.6. The summed E-state index contributed by atoms with van der Waals surface area (Å²) in [5.41, 5.74) is 3.71. The van der Waals surface area contributed by atoms with E-state index in [4.69, 9.17) is 0 Å². The summed E-state index contributed by atoms with van der Waals surface area (Å²) in [7, 11) is 0. The number of anilines is 1. The number of alkyl halides is 2. The van der Waals surface area contributed by atoms with Crippen LogP contribution in [0.1, 0.15) is 40.4 Å². The number of carbonyl (C=O) groups excluding carboxylic acids is 1. The number of benzene rings is 3. The Bertz CT molecular complexity index is 1070. The van der Waals surface area contributed by atoms with E-state index in [0.717, 1.165) is 26.2 Å². The molecule has 1 aliphatic rings. The van der Waals surface area contributed by atoms with E-state index in [-0.39, 0.29) is 15.8 Å². The molecule has 0 fully saturated rings. The quantitative estimate of drug-likeness (QED) is 0.484. The normalized spacial score (nSPS) is 12.8. The molecule has 0 bridgehead atoms. The van der Waals surface area contributed by atoms with Gasteiger partial charge in [0.2, 0.25) is 0 Å². The minimum Gasteiger partial charge on any atom is -0.322 e. The Labute approximate surface area is 172 Å². The van der Waals surface area contributed by atoms with Gasteiger partial charge in [0.1, 0.15) is 5.82 Å². The molecule has 0 saturated heterocycles. The highest BCUT2D eigenvalue weighted by Crippen LogP contribution is 2.32. The van der Waals surface area contributed by atoms with Gasteiger partial charge < -0.3 is 5.32 Å². The Morgan fingerprint density at radius 1 is 0.967 bits per heavy atom. The maximum Gasteiger partial charge on any atom is 0.270 e. The van der Waals surface area contributed by atoms with E-state index in [1.54, 1.807) is 6.07 Å². The van der Waals surface area contributed by atoms with E-state index in [1.165, 1.54) is 47.5 Å². The number of aryl methyl sites for hydroxylation is 2. The molecule has 0 radical (unpaired) electrons. The largest absolute Gasteiger partial charge is 0.322 e. The number of rotatable bonds is 4. The first-order chi connectivity index (χ1) is 13.8. The van der Waals surface area contributed by atoms with E-state index in [9.17, 15) is 18.0 Å². The number of nitrogens with one attached hydrogen (secondary N) is 1. The highest BCUT2D eigenvalue weighted by Gasteiger charge is 2.24.